The van der Waals surface area contributed by atoms with Crippen LogP contribution in [-0.2, 0) is 23.0 Å². The van der Waals surface area contributed by atoms with Gasteiger partial charge in [-0.2, -0.15) is 5.10 Å². The Labute approximate surface area is 219 Å². The number of nitrogens with one attached hydrogen (secondary N) is 1. The molecule has 0 spiro atoms. The Morgan fingerprint density at radius 3 is 2.79 bits per heavy atom. The third kappa shape index (κ3) is 4.51. The van der Waals surface area contributed by atoms with Crippen molar-refractivity contribution >= 4 is 28.3 Å². The zero-order valence-corrected chi connectivity index (χ0v) is 21.6. The second-order valence-electron chi connectivity index (χ2n) is 9.94. The molecule has 3 atom stereocenters. The summed E-state index contributed by atoms with van der Waals surface area (Å²) in [5.41, 5.74) is 3.95. The highest BCUT2D eigenvalue weighted by Crippen LogP contribution is 2.39. The number of ketones is 1. The fraction of sp³-hybridized carbons (Fsp3) is 0.444. The van der Waals surface area contributed by atoms with Gasteiger partial charge in [0.15, 0.2) is 17.2 Å². The van der Waals surface area contributed by atoms with E-state index in [0.29, 0.717) is 52.8 Å². The molecule has 2 fully saturated rings. The van der Waals surface area contributed by atoms with E-state index in [1.807, 2.05) is 42.8 Å². The van der Waals surface area contributed by atoms with Crippen molar-refractivity contribution in [1.29, 1.82) is 0 Å². The van der Waals surface area contributed by atoms with Crippen LogP contribution < -0.4 is 10.1 Å². The highest BCUT2D eigenvalue weighted by molar-refractivity contribution is 5.92. The number of benzene rings is 1. The molecule has 3 aromatic heterocycles. The molecule has 198 valence electrons. The van der Waals surface area contributed by atoms with Gasteiger partial charge in [-0.15, -0.1) is 0 Å². The Morgan fingerprint density at radius 1 is 1.26 bits per heavy atom. The number of para-hydroxylation sites is 1. The summed E-state index contributed by atoms with van der Waals surface area (Å²) in [5.74, 6) is 1.23. The van der Waals surface area contributed by atoms with E-state index in [2.05, 4.69) is 15.4 Å². The summed E-state index contributed by atoms with van der Waals surface area (Å²) in [4.78, 5) is 26.8. The first-order chi connectivity index (χ1) is 18.4. The maximum absolute atomic E-state index is 13.6. The van der Waals surface area contributed by atoms with Gasteiger partial charge in [0.25, 0.3) is 0 Å². The molecule has 4 heterocycles. The molecule has 2 aliphatic rings. The van der Waals surface area contributed by atoms with Crippen LogP contribution in [0.2, 0.25) is 0 Å². The van der Waals surface area contributed by atoms with Crippen molar-refractivity contribution < 1.29 is 18.7 Å². The van der Waals surface area contributed by atoms with Crippen molar-refractivity contribution in [3.63, 3.8) is 0 Å². The van der Waals surface area contributed by atoms with Gasteiger partial charge >= 0.3 is 0 Å². The van der Waals surface area contributed by atoms with Crippen molar-refractivity contribution in [3.8, 4) is 17.1 Å². The number of alkyl halides is 1. The molecule has 1 aliphatic heterocycles. The van der Waals surface area contributed by atoms with E-state index in [9.17, 15) is 9.18 Å². The van der Waals surface area contributed by atoms with E-state index >= 15 is 0 Å². The van der Waals surface area contributed by atoms with E-state index in [0.717, 1.165) is 30.7 Å². The standard InChI is InChI=1S/C27H30FN7O3/c1-15-30-24-21(32-20-8-6-7-17(25(20)37-3)26-29-14-34(2)33-26)11-16(12-22(36)18-13-19(18)28)31-27(24)35(15)23-9-4-5-10-38-23/h6-8,11,14,18-19,23H,4-5,9-10,12-13H2,1-3H3,(H,31,32)/t18?,19-,23?/m0/s1. The summed E-state index contributed by atoms with van der Waals surface area (Å²) >= 11 is 0. The first-order valence-corrected chi connectivity index (χ1v) is 12.9. The molecule has 1 saturated carbocycles. The molecule has 4 aromatic rings. The molecular formula is C27H30FN7O3. The smallest absolute Gasteiger partial charge is 0.184 e. The van der Waals surface area contributed by atoms with Gasteiger partial charge in [-0.1, -0.05) is 6.07 Å². The Morgan fingerprint density at radius 2 is 2.11 bits per heavy atom. The number of carbonyl (C=O) groups excluding carboxylic acids is 1. The number of hydrogen-bond acceptors (Lipinski definition) is 8. The first-order valence-electron chi connectivity index (χ1n) is 12.9. The van der Waals surface area contributed by atoms with Gasteiger partial charge < -0.3 is 14.8 Å². The van der Waals surface area contributed by atoms with Crippen LogP contribution in [0.1, 0.15) is 43.4 Å². The summed E-state index contributed by atoms with van der Waals surface area (Å²) < 4.78 is 29.1. The second-order valence-corrected chi connectivity index (χ2v) is 9.94. The number of halogens is 1. The molecule has 0 amide bonds. The van der Waals surface area contributed by atoms with Gasteiger partial charge in [-0.3, -0.25) is 14.0 Å². The summed E-state index contributed by atoms with van der Waals surface area (Å²) in [6.07, 6.45) is 3.71. The summed E-state index contributed by atoms with van der Waals surface area (Å²) in [5, 5.41) is 7.88. The SMILES string of the molecule is COc1c(Nc2cc(CC(=O)C3C[C@@H]3F)nc3c2nc(C)n3C2CCCCO2)cccc1-c1ncn(C)n1. The minimum Gasteiger partial charge on any atom is -0.494 e. The number of ether oxygens (including phenoxy) is 2. The Bertz CT molecular complexity index is 1510. The van der Waals surface area contributed by atoms with Gasteiger partial charge in [-0.25, -0.2) is 19.3 Å². The van der Waals surface area contributed by atoms with Crippen LogP contribution >= 0.6 is 0 Å². The second kappa shape index (κ2) is 9.79. The summed E-state index contributed by atoms with van der Waals surface area (Å²) in [6.45, 7) is 2.61. The predicted octanol–water partition coefficient (Wildman–Crippen LogP) is 4.46. The van der Waals surface area contributed by atoms with Gasteiger partial charge in [0.1, 0.15) is 35.9 Å². The number of methoxy groups -OCH3 is 1. The number of hydrogen-bond donors (Lipinski definition) is 1. The molecule has 2 unspecified atom stereocenters. The average molecular weight is 520 g/mol. The number of pyridine rings is 1. The highest BCUT2D eigenvalue weighted by atomic mass is 19.1. The topological polar surface area (TPSA) is 109 Å². The molecule has 0 bridgehead atoms. The van der Waals surface area contributed by atoms with Gasteiger partial charge in [0, 0.05) is 20.1 Å². The first kappa shape index (κ1) is 24.5. The van der Waals surface area contributed by atoms with Crippen molar-refractivity contribution in [2.75, 3.05) is 19.0 Å². The minimum absolute atomic E-state index is 0.0560. The maximum atomic E-state index is 13.6. The Hall–Kier alpha value is -3.86. The van der Waals surface area contributed by atoms with Crippen molar-refractivity contribution in [3.05, 3.63) is 42.1 Å². The monoisotopic (exact) mass is 519 g/mol. The van der Waals surface area contributed by atoms with Gasteiger partial charge in [-0.05, 0) is 50.8 Å². The van der Waals surface area contributed by atoms with Crippen LogP contribution in [0.5, 0.6) is 5.75 Å². The number of fused-ring (bicyclic) bond motifs is 1. The number of Topliss-reactive ketones (excluding diaryl/α,β-unsaturated/α-hetero) is 1. The van der Waals surface area contributed by atoms with Crippen molar-refractivity contribution in [2.45, 2.75) is 51.4 Å². The van der Waals surface area contributed by atoms with Crippen LogP contribution in [0.3, 0.4) is 0 Å². The molecule has 38 heavy (non-hydrogen) atoms. The normalized spacial score (nSPS) is 21.0. The van der Waals surface area contributed by atoms with Crippen LogP contribution in [0.4, 0.5) is 15.8 Å². The van der Waals surface area contributed by atoms with E-state index in [-0.39, 0.29) is 18.4 Å². The van der Waals surface area contributed by atoms with Crippen molar-refractivity contribution in [1.82, 2.24) is 29.3 Å². The lowest BCUT2D eigenvalue weighted by Crippen LogP contribution is -2.19. The third-order valence-electron chi connectivity index (χ3n) is 7.13. The summed E-state index contributed by atoms with van der Waals surface area (Å²) in [6, 6.07) is 7.51. The molecule has 10 nitrogen and oxygen atoms in total. The Kier molecular flexibility index (Phi) is 6.30. The van der Waals surface area contributed by atoms with E-state index in [1.54, 1.807) is 18.1 Å². The highest BCUT2D eigenvalue weighted by Gasteiger charge is 2.43. The van der Waals surface area contributed by atoms with E-state index < -0.39 is 12.1 Å². The molecular weight excluding hydrogens is 489 g/mol. The number of carbonyl (C=O) groups is 1. The maximum Gasteiger partial charge on any atom is 0.184 e. The fourth-order valence-electron chi connectivity index (χ4n) is 5.13. The molecule has 1 N–H and O–H groups in total. The zero-order valence-electron chi connectivity index (χ0n) is 21.6. The number of rotatable bonds is 8. The largest absolute Gasteiger partial charge is 0.494 e. The summed E-state index contributed by atoms with van der Waals surface area (Å²) in [7, 11) is 3.41. The minimum atomic E-state index is -1.04. The van der Waals surface area contributed by atoms with Gasteiger partial charge in [0.05, 0.1) is 35.7 Å². The Balaban J connectivity index is 1.44. The van der Waals surface area contributed by atoms with Crippen LogP contribution in [0.15, 0.2) is 30.6 Å². The lowest BCUT2D eigenvalue weighted by molar-refractivity contribution is -0.120. The average Bonchev–Trinajstić information content (AvgIpc) is 3.33. The van der Waals surface area contributed by atoms with Crippen LogP contribution in [-0.4, -0.2) is 55.0 Å². The molecule has 1 saturated heterocycles. The van der Waals surface area contributed by atoms with Crippen LogP contribution in [0.25, 0.3) is 22.6 Å². The van der Waals surface area contributed by atoms with Crippen LogP contribution in [0, 0.1) is 12.8 Å². The van der Waals surface area contributed by atoms with Gasteiger partial charge in [0.2, 0.25) is 0 Å². The zero-order chi connectivity index (χ0) is 26.4. The number of anilines is 2. The lowest BCUT2D eigenvalue weighted by Gasteiger charge is -2.25. The number of aromatic nitrogens is 6. The number of aryl methyl sites for hydroxylation is 2. The molecule has 0 radical (unpaired) electrons. The molecule has 11 heteroatoms. The number of imidazole rings is 1. The van der Waals surface area contributed by atoms with Crippen molar-refractivity contribution in [2.24, 2.45) is 13.0 Å². The molecule has 1 aliphatic carbocycles. The lowest BCUT2D eigenvalue weighted by atomic mass is 10.1. The molecule has 1 aromatic carbocycles. The molecule has 6 rings (SSSR count). The quantitative estimate of drug-likeness (QED) is 0.364. The predicted molar refractivity (Wildman–Crippen MR) is 139 cm³/mol. The van der Waals surface area contributed by atoms with E-state index in [1.165, 1.54) is 0 Å². The number of nitrogens with zero attached hydrogens (tertiary/aromatic N) is 6. The fourth-order valence-corrected chi connectivity index (χ4v) is 5.13. The third-order valence-corrected chi connectivity index (χ3v) is 7.13. The van der Waals surface area contributed by atoms with E-state index in [4.69, 9.17) is 19.4 Å².